The molecule has 0 aliphatic rings. The van der Waals surface area contributed by atoms with Crippen LogP contribution >= 0.6 is 0 Å². The molecular formula is C11H21NOSi. The van der Waals surface area contributed by atoms with Crippen LogP contribution in [-0.4, -0.2) is 14.9 Å². The molecule has 14 heavy (non-hydrogen) atoms. The Morgan fingerprint density at radius 2 is 1.93 bits per heavy atom. The minimum atomic E-state index is -1.65. The van der Waals surface area contributed by atoms with Crippen molar-refractivity contribution in [2.24, 2.45) is 0 Å². The third-order valence-electron chi connectivity index (χ3n) is 2.78. The minimum Gasteiger partial charge on any atom is -0.413 e. The summed E-state index contributed by atoms with van der Waals surface area (Å²) in [7, 11) is -1.65. The summed E-state index contributed by atoms with van der Waals surface area (Å²) >= 11 is 0. The lowest BCUT2D eigenvalue weighted by Crippen LogP contribution is -2.41. The summed E-state index contributed by atoms with van der Waals surface area (Å²) in [6.45, 7) is 13.6. The summed E-state index contributed by atoms with van der Waals surface area (Å²) in [6.07, 6.45) is 1.55. The van der Waals surface area contributed by atoms with Gasteiger partial charge in [-0.05, 0) is 30.6 Å². The van der Waals surface area contributed by atoms with Crippen LogP contribution in [0, 0.1) is 11.3 Å². The van der Waals surface area contributed by atoms with E-state index in [-0.39, 0.29) is 5.04 Å². The number of nitrogens with zero attached hydrogens (tertiary/aromatic N) is 1. The molecule has 0 aromatic rings. The summed E-state index contributed by atoms with van der Waals surface area (Å²) in [5.74, 6) is 0. The van der Waals surface area contributed by atoms with E-state index in [2.05, 4.69) is 33.9 Å². The molecule has 0 bridgehead atoms. The van der Waals surface area contributed by atoms with Gasteiger partial charge in [-0.25, -0.2) is 0 Å². The molecule has 0 aliphatic heterocycles. The highest BCUT2D eigenvalue weighted by Gasteiger charge is 2.36. The van der Waals surface area contributed by atoms with Gasteiger partial charge in [-0.15, -0.1) is 0 Å². The van der Waals surface area contributed by atoms with E-state index in [0.29, 0.717) is 6.61 Å². The molecule has 0 aliphatic carbocycles. The zero-order valence-electron chi connectivity index (χ0n) is 10.1. The Hall–Kier alpha value is -0.593. The first-order chi connectivity index (χ1) is 6.20. The predicted molar refractivity (Wildman–Crippen MR) is 62.5 cm³/mol. The minimum absolute atomic E-state index is 0.236. The molecular weight excluding hydrogens is 190 g/mol. The first-order valence-electron chi connectivity index (χ1n) is 4.90. The van der Waals surface area contributed by atoms with E-state index in [1.807, 2.05) is 13.0 Å². The summed E-state index contributed by atoms with van der Waals surface area (Å²) in [5, 5.41) is 8.69. The van der Waals surface area contributed by atoms with E-state index in [9.17, 15) is 0 Å². The molecule has 0 N–H and O–H groups in total. The van der Waals surface area contributed by atoms with Crippen LogP contribution < -0.4 is 0 Å². The fourth-order valence-corrected chi connectivity index (χ4v) is 1.68. The molecule has 2 nitrogen and oxygen atoms in total. The largest absolute Gasteiger partial charge is 0.413 e. The molecule has 0 unspecified atom stereocenters. The zero-order valence-corrected chi connectivity index (χ0v) is 11.1. The molecule has 0 saturated carbocycles. The Morgan fingerprint density at radius 3 is 2.29 bits per heavy atom. The molecule has 0 atom stereocenters. The van der Waals surface area contributed by atoms with Gasteiger partial charge in [-0.1, -0.05) is 20.8 Å². The van der Waals surface area contributed by atoms with Crippen LogP contribution in [0.15, 0.2) is 11.6 Å². The van der Waals surface area contributed by atoms with Crippen molar-refractivity contribution in [2.45, 2.75) is 45.8 Å². The van der Waals surface area contributed by atoms with Crippen LogP contribution in [0.2, 0.25) is 18.1 Å². The van der Waals surface area contributed by atoms with Crippen LogP contribution in [0.3, 0.4) is 0 Å². The van der Waals surface area contributed by atoms with E-state index in [4.69, 9.17) is 9.69 Å². The Bertz CT molecular complexity index is 255. The number of rotatable bonds is 3. The molecule has 0 saturated heterocycles. The van der Waals surface area contributed by atoms with Gasteiger partial charge in [0.1, 0.15) is 0 Å². The molecule has 0 spiro atoms. The van der Waals surface area contributed by atoms with E-state index >= 15 is 0 Å². The average Bonchev–Trinajstić information content (AvgIpc) is 1.99. The highest BCUT2D eigenvalue weighted by atomic mass is 28.4. The van der Waals surface area contributed by atoms with Crippen molar-refractivity contribution in [2.75, 3.05) is 6.61 Å². The number of allylic oxidation sites excluding steroid dienone is 1. The second kappa shape index (κ2) is 4.76. The lowest BCUT2D eigenvalue weighted by molar-refractivity contribution is 0.319. The van der Waals surface area contributed by atoms with Gasteiger partial charge in [0.2, 0.25) is 0 Å². The van der Waals surface area contributed by atoms with Gasteiger partial charge in [-0.3, -0.25) is 0 Å². The second-order valence-electron chi connectivity index (χ2n) is 5.17. The fourth-order valence-electron chi connectivity index (χ4n) is 0.663. The number of hydrogen-bond donors (Lipinski definition) is 0. The van der Waals surface area contributed by atoms with Crippen molar-refractivity contribution in [1.29, 1.82) is 5.26 Å². The standard InChI is InChI=1S/C11H21NOSi/c1-10(7-8-12)9-13-14(5,6)11(2,3)4/h7H,9H2,1-6H3. The Morgan fingerprint density at radius 1 is 1.43 bits per heavy atom. The summed E-state index contributed by atoms with van der Waals surface area (Å²) < 4.78 is 5.93. The Balaban J connectivity index is 4.28. The van der Waals surface area contributed by atoms with Gasteiger partial charge in [0.05, 0.1) is 12.7 Å². The van der Waals surface area contributed by atoms with Crippen LogP contribution in [0.25, 0.3) is 0 Å². The third kappa shape index (κ3) is 4.08. The van der Waals surface area contributed by atoms with E-state index in [0.717, 1.165) is 5.57 Å². The lowest BCUT2D eigenvalue weighted by atomic mass is 10.2. The molecule has 80 valence electrons. The molecule has 0 aromatic heterocycles. The molecule has 0 fully saturated rings. The highest BCUT2D eigenvalue weighted by Crippen LogP contribution is 2.36. The third-order valence-corrected chi connectivity index (χ3v) is 7.26. The lowest BCUT2D eigenvalue weighted by Gasteiger charge is -2.36. The van der Waals surface area contributed by atoms with Crippen LogP contribution in [0.5, 0.6) is 0 Å². The topological polar surface area (TPSA) is 33.0 Å². The number of nitriles is 1. The maximum atomic E-state index is 8.46. The van der Waals surface area contributed by atoms with Gasteiger partial charge < -0.3 is 4.43 Å². The summed E-state index contributed by atoms with van der Waals surface area (Å²) in [4.78, 5) is 0. The van der Waals surface area contributed by atoms with E-state index < -0.39 is 8.32 Å². The highest BCUT2D eigenvalue weighted by molar-refractivity contribution is 6.74. The van der Waals surface area contributed by atoms with Crippen molar-refractivity contribution in [3.05, 3.63) is 11.6 Å². The van der Waals surface area contributed by atoms with E-state index in [1.54, 1.807) is 6.08 Å². The quantitative estimate of drug-likeness (QED) is 0.529. The predicted octanol–water partition coefficient (Wildman–Crippen LogP) is 3.48. The van der Waals surface area contributed by atoms with Gasteiger partial charge in [0.15, 0.2) is 8.32 Å². The normalized spacial score (nSPS) is 13.9. The van der Waals surface area contributed by atoms with Crippen LogP contribution in [0.4, 0.5) is 0 Å². The SMILES string of the molecule is CC(=CC#N)CO[Si](C)(C)C(C)(C)C. The Labute approximate surface area is 88.7 Å². The second-order valence-corrected chi connectivity index (χ2v) is 9.98. The van der Waals surface area contributed by atoms with Crippen molar-refractivity contribution < 1.29 is 4.43 Å². The van der Waals surface area contributed by atoms with Crippen molar-refractivity contribution in [3.8, 4) is 6.07 Å². The first kappa shape index (κ1) is 13.4. The van der Waals surface area contributed by atoms with E-state index in [1.165, 1.54) is 0 Å². The molecule has 0 aromatic carbocycles. The summed E-state index contributed by atoms with van der Waals surface area (Å²) in [6, 6.07) is 2.02. The van der Waals surface area contributed by atoms with Gasteiger partial charge in [-0.2, -0.15) is 5.26 Å². The molecule has 0 amide bonds. The maximum Gasteiger partial charge on any atom is 0.192 e. The smallest absolute Gasteiger partial charge is 0.192 e. The van der Waals surface area contributed by atoms with Gasteiger partial charge >= 0.3 is 0 Å². The van der Waals surface area contributed by atoms with Crippen LogP contribution in [-0.2, 0) is 4.43 Å². The fraction of sp³-hybridized carbons (Fsp3) is 0.727. The van der Waals surface area contributed by atoms with Crippen molar-refractivity contribution in [1.82, 2.24) is 0 Å². The first-order valence-corrected chi connectivity index (χ1v) is 7.81. The maximum absolute atomic E-state index is 8.46. The average molecular weight is 211 g/mol. The van der Waals surface area contributed by atoms with Gasteiger partial charge in [0.25, 0.3) is 0 Å². The monoisotopic (exact) mass is 211 g/mol. The van der Waals surface area contributed by atoms with Crippen LogP contribution in [0.1, 0.15) is 27.7 Å². The zero-order chi connectivity index (χ0) is 11.4. The van der Waals surface area contributed by atoms with Gasteiger partial charge in [0, 0.05) is 6.08 Å². The van der Waals surface area contributed by atoms with Crippen molar-refractivity contribution >= 4 is 8.32 Å². The molecule has 0 heterocycles. The number of hydrogen-bond acceptors (Lipinski definition) is 2. The molecule has 3 heteroatoms. The Kier molecular flexibility index (Phi) is 4.56. The molecule has 0 rings (SSSR count). The molecule has 0 radical (unpaired) electrons. The summed E-state index contributed by atoms with van der Waals surface area (Å²) in [5.41, 5.74) is 0.998. The van der Waals surface area contributed by atoms with Crippen molar-refractivity contribution in [3.63, 3.8) is 0 Å².